The Balaban J connectivity index is 1.53. The molecule has 0 aliphatic carbocycles. The Morgan fingerprint density at radius 3 is 2.94 bits per heavy atom. The lowest BCUT2D eigenvalue weighted by molar-refractivity contribution is -0.0180. The van der Waals surface area contributed by atoms with E-state index in [4.69, 9.17) is 4.74 Å². The summed E-state index contributed by atoms with van der Waals surface area (Å²) < 4.78 is 5.71. The van der Waals surface area contributed by atoms with Gasteiger partial charge in [0, 0.05) is 19.6 Å². The molecule has 0 saturated carbocycles. The standard InChI is InChI=1S/C15H24N2O/c1-17-10-11-18-15(13-17)12-16-9-5-8-14-6-3-2-4-7-14/h2-4,6-7,15-16H,5,8-13H2,1H3. The maximum atomic E-state index is 5.71. The number of nitrogens with one attached hydrogen (secondary N) is 1. The average Bonchev–Trinajstić information content (AvgIpc) is 2.40. The van der Waals surface area contributed by atoms with Gasteiger partial charge >= 0.3 is 0 Å². The quantitative estimate of drug-likeness (QED) is 0.773. The Morgan fingerprint density at radius 1 is 1.33 bits per heavy atom. The fraction of sp³-hybridized carbons (Fsp3) is 0.600. The fourth-order valence-electron chi connectivity index (χ4n) is 2.32. The number of ether oxygens (including phenoxy) is 1. The first-order valence-electron chi connectivity index (χ1n) is 6.89. The topological polar surface area (TPSA) is 24.5 Å². The number of nitrogens with zero attached hydrogens (tertiary/aromatic N) is 1. The highest BCUT2D eigenvalue weighted by atomic mass is 16.5. The van der Waals surface area contributed by atoms with Crippen molar-refractivity contribution in [2.24, 2.45) is 0 Å². The van der Waals surface area contributed by atoms with Crippen molar-refractivity contribution in [2.45, 2.75) is 18.9 Å². The number of hydrogen-bond donors (Lipinski definition) is 1. The predicted octanol–water partition coefficient (Wildman–Crippen LogP) is 1.54. The first-order valence-corrected chi connectivity index (χ1v) is 6.89. The second kappa shape index (κ2) is 7.52. The fourth-order valence-corrected chi connectivity index (χ4v) is 2.32. The van der Waals surface area contributed by atoms with Gasteiger partial charge in [-0.1, -0.05) is 30.3 Å². The summed E-state index contributed by atoms with van der Waals surface area (Å²) in [5.74, 6) is 0. The van der Waals surface area contributed by atoms with Gasteiger partial charge in [-0.3, -0.25) is 0 Å². The van der Waals surface area contributed by atoms with Gasteiger partial charge in [0.25, 0.3) is 0 Å². The number of morpholine rings is 1. The summed E-state index contributed by atoms with van der Waals surface area (Å²) in [4.78, 5) is 2.33. The summed E-state index contributed by atoms with van der Waals surface area (Å²) >= 11 is 0. The molecule has 0 radical (unpaired) electrons. The molecular weight excluding hydrogens is 224 g/mol. The SMILES string of the molecule is CN1CCOC(CNCCCc2ccccc2)C1. The molecule has 3 nitrogen and oxygen atoms in total. The highest BCUT2D eigenvalue weighted by molar-refractivity contribution is 5.14. The second-order valence-electron chi connectivity index (χ2n) is 5.05. The summed E-state index contributed by atoms with van der Waals surface area (Å²) in [6.07, 6.45) is 2.70. The van der Waals surface area contributed by atoms with E-state index in [1.54, 1.807) is 0 Å². The summed E-state index contributed by atoms with van der Waals surface area (Å²) in [6.45, 7) is 5.01. The van der Waals surface area contributed by atoms with Crippen LogP contribution in [0.15, 0.2) is 30.3 Å². The molecule has 0 bridgehead atoms. The third-order valence-electron chi connectivity index (χ3n) is 3.38. The van der Waals surface area contributed by atoms with Gasteiger partial charge in [-0.05, 0) is 32.0 Å². The smallest absolute Gasteiger partial charge is 0.0826 e. The van der Waals surface area contributed by atoms with Crippen LogP contribution in [-0.4, -0.2) is 50.8 Å². The van der Waals surface area contributed by atoms with E-state index in [0.29, 0.717) is 6.10 Å². The third kappa shape index (κ3) is 4.77. The molecule has 1 atom stereocenters. The van der Waals surface area contributed by atoms with E-state index < -0.39 is 0 Å². The Kier molecular flexibility index (Phi) is 5.65. The van der Waals surface area contributed by atoms with Crippen molar-refractivity contribution in [2.75, 3.05) is 39.8 Å². The number of likely N-dealkylation sites (N-methyl/N-ethyl adjacent to an activating group) is 1. The van der Waals surface area contributed by atoms with Gasteiger partial charge in [-0.15, -0.1) is 0 Å². The average molecular weight is 248 g/mol. The molecule has 1 aliphatic heterocycles. The highest BCUT2D eigenvalue weighted by Gasteiger charge is 2.16. The number of rotatable bonds is 6. The van der Waals surface area contributed by atoms with Crippen LogP contribution in [0.25, 0.3) is 0 Å². The van der Waals surface area contributed by atoms with Gasteiger partial charge in [0.2, 0.25) is 0 Å². The lowest BCUT2D eigenvalue weighted by atomic mass is 10.1. The Hall–Kier alpha value is -0.900. The minimum Gasteiger partial charge on any atom is -0.374 e. The summed E-state index contributed by atoms with van der Waals surface area (Å²) in [5.41, 5.74) is 1.42. The zero-order valence-corrected chi connectivity index (χ0v) is 11.3. The number of benzene rings is 1. The molecule has 1 aromatic rings. The first-order chi connectivity index (χ1) is 8.84. The third-order valence-corrected chi connectivity index (χ3v) is 3.38. The van der Waals surface area contributed by atoms with Crippen LogP contribution >= 0.6 is 0 Å². The summed E-state index contributed by atoms with van der Waals surface area (Å²) in [6, 6.07) is 10.7. The minimum absolute atomic E-state index is 0.362. The number of hydrogen-bond acceptors (Lipinski definition) is 3. The van der Waals surface area contributed by atoms with E-state index >= 15 is 0 Å². The zero-order chi connectivity index (χ0) is 12.6. The van der Waals surface area contributed by atoms with Crippen LogP contribution in [0, 0.1) is 0 Å². The molecule has 0 spiro atoms. The minimum atomic E-state index is 0.362. The maximum Gasteiger partial charge on any atom is 0.0826 e. The summed E-state index contributed by atoms with van der Waals surface area (Å²) in [5, 5.41) is 3.49. The van der Waals surface area contributed by atoms with Crippen molar-refractivity contribution in [3.8, 4) is 0 Å². The molecule has 1 heterocycles. The van der Waals surface area contributed by atoms with Crippen LogP contribution in [0.3, 0.4) is 0 Å². The lowest BCUT2D eigenvalue weighted by Crippen LogP contribution is -2.45. The van der Waals surface area contributed by atoms with Crippen molar-refractivity contribution in [3.05, 3.63) is 35.9 Å². The monoisotopic (exact) mass is 248 g/mol. The highest BCUT2D eigenvalue weighted by Crippen LogP contribution is 2.03. The van der Waals surface area contributed by atoms with E-state index in [2.05, 4.69) is 47.6 Å². The van der Waals surface area contributed by atoms with Gasteiger partial charge in [-0.25, -0.2) is 0 Å². The largest absolute Gasteiger partial charge is 0.374 e. The lowest BCUT2D eigenvalue weighted by Gasteiger charge is -2.30. The van der Waals surface area contributed by atoms with Crippen LogP contribution in [0.4, 0.5) is 0 Å². The molecule has 1 N–H and O–H groups in total. The predicted molar refractivity (Wildman–Crippen MR) is 74.9 cm³/mol. The van der Waals surface area contributed by atoms with Crippen molar-refractivity contribution in [3.63, 3.8) is 0 Å². The van der Waals surface area contributed by atoms with Crippen molar-refractivity contribution in [1.29, 1.82) is 0 Å². The van der Waals surface area contributed by atoms with Crippen molar-refractivity contribution >= 4 is 0 Å². The van der Waals surface area contributed by atoms with Gasteiger partial charge in [0.05, 0.1) is 12.7 Å². The molecule has 1 saturated heterocycles. The molecule has 1 aliphatic rings. The number of aryl methyl sites for hydroxylation is 1. The van der Waals surface area contributed by atoms with Crippen LogP contribution < -0.4 is 5.32 Å². The van der Waals surface area contributed by atoms with Crippen LogP contribution in [0.1, 0.15) is 12.0 Å². The van der Waals surface area contributed by atoms with E-state index in [9.17, 15) is 0 Å². The molecule has 0 aromatic heterocycles. The Bertz CT molecular complexity index is 329. The normalized spacial score (nSPS) is 21.1. The molecule has 1 fully saturated rings. The molecule has 3 heteroatoms. The van der Waals surface area contributed by atoms with E-state index in [0.717, 1.165) is 39.2 Å². The van der Waals surface area contributed by atoms with E-state index in [1.807, 2.05) is 0 Å². The molecule has 0 amide bonds. The Morgan fingerprint density at radius 2 is 2.17 bits per heavy atom. The van der Waals surface area contributed by atoms with Gasteiger partial charge < -0.3 is 15.0 Å². The van der Waals surface area contributed by atoms with E-state index in [-0.39, 0.29) is 0 Å². The van der Waals surface area contributed by atoms with Gasteiger partial charge in [0.1, 0.15) is 0 Å². The van der Waals surface area contributed by atoms with Crippen LogP contribution in [0.5, 0.6) is 0 Å². The molecule has 1 aromatic carbocycles. The molecule has 2 rings (SSSR count). The summed E-state index contributed by atoms with van der Waals surface area (Å²) in [7, 11) is 2.16. The van der Waals surface area contributed by atoms with Crippen molar-refractivity contribution in [1.82, 2.24) is 10.2 Å². The molecular formula is C15H24N2O. The zero-order valence-electron chi connectivity index (χ0n) is 11.3. The molecule has 100 valence electrons. The Labute approximate surface area is 110 Å². The first kappa shape index (κ1) is 13.5. The second-order valence-corrected chi connectivity index (χ2v) is 5.05. The van der Waals surface area contributed by atoms with Crippen molar-refractivity contribution < 1.29 is 4.74 Å². The van der Waals surface area contributed by atoms with Crippen LogP contribution in [-0.2, 0) is 11.2 Å². The van der Waals surface area contributed by atoms with Crippen LogP contribution in [0.2, 0.25) is 0 Å². The van der Waals surface area contributed by atoms with E-state index in [1.165, 1.54) is 12.0 Å². The molecule has 18 heavy (non-hydrogen) atoms. The van der Waals surface area contributed by atoms with Gasteiger partial charge in [-0.2, -0.15) is 0 Å². The molecule has 1 unspecified atom stereocenters. The van der Waals surface area contributed by atoms with Gasteiger partial charge in [0.15, 0.2) is 0 Å². The maximum absolute atomic E-state index is 5.71.